The highest BCUT2D eigenvalue weighted by Gasteiger charge is 2.45. The quantitative estimate of drug-likeness (QED) is 0.566. The van der Waals surface area contributed by atoms with Gasteiger partial charge in [0.1, 0.15) is 6.04 Å². The third-order valence-corrected chi connectivity index (χ3v) is 8.98. The lowest BCUT2D eigenvalue weighted by Crippen LogP contribution is -2.58. The summed E-state index contributed by atoms with van der Waals surface area (Å²) in [5, 5.41) is 3.28. The fraction of sp³-hybridized carbons (Fsp3) is 0.724. The average Bonchev–Trinajstić information content (AvgIpc) is 3.80. The molecule has 6 nitrogen and oxygen atoms in total. The van der Waals surface area contributed by atoms with Crippen LogP contribution in [0, 0.1) is 24.7 Å². The van der Waals surface area contributed by atoms with E-state index in [9.17, 15) is 9.59 Å². The molecule has 0 aromatic heterocycles. The maximum atomic E-state index is 13.6. The first-order valence-corrected chi connectivity index (χ1v) is 14.1. The van der Waals surface area contributed by atoms with Crippen LogP contribution >= 0.6 is 0 Å². The predicted molar refractivity (Wildman–Crippen MR) is 139 cm³/mol. The van der Waals surface area contributed by atoms with E-state index in [0.29, 0.717) is 30.5 Å². The highest BCUT2D eigenvalue weighted by atomic mass is 16.2. The number of aryl methyl sites for hydroxylation is 1. The van der Waals surface area contributed by atoms with Crippen LogP contribution in [0.5, 0.6) is 0 Å². The molecule has 1 saturated heterocycles. The smallest absolute Gasteiger partial charge is 0.242 e. The summed E-state index contributed by atoms with van der Waals surface area (Å²) in [6.07, 6.45) is 10.9. The minimum atomic E-state index is -0.339. The third-order valence-electron chi connectivity index (χ3n) is 8.98. The fourth-order valence-electron chi connectivity index (χ4n) is 6.44. The van der Waals surface area contributed by atoms with Gasteiger partial charge < -0.3 is 16.0 Å². The maximum Gasteiger partial charge on any atom is 0.242 e. The van der Waals surface area contributed by atoms with Gasteiger partial charge >= 0.3 is 0 Å². The molecule has 192 valence electrons. The van der Waals surface area contributed by atoms with Gasteiger partial charge in [-0.3, -0.25) is 14.5 Å². The van der Waals surface area contributed by atoms with Gasteiger partial charge in [0.05, 0.1) is 0 Å². The minimum Gasteiger partial charge on any atom is -0.354 e. The number of rotatable bonds is 9. The van der Waals surface area contributed by atoms with Crippen molar-refractivity contribution < 1.29 is 9.59 Å². The molecule has 0 radical (unpaired) electrons. The van der Waals surface area contributed by atoms with Crippen molar-refractivity contribution in [1.29, 1.82) is 0 Å². The Bertz CT molecular complexity index is 896. The number of nitrogens with zero attached hydrogens (tertiary/aromatic N) is 2. The summed E-state index contributed by atoms with van der Waals surface area (Å²) in [5.41, 5.74) is 8.63. The highest BCUT2D eigenvalue weighted by Crippen LogP contribution is 2.37. The number of likely N-dealkylation sites (tertiary alicyclic amines) is 1. The lowest BCUT2D eigenvalue weighted by atomic mass is 9.81. The van der Waals surface area contributed by atoms with Crippen molar-refractivity contribution in [1.82, 2.24) is 15.1 Å². The van der Waals surface area contributed by atoms with Gasteiger partial charge in [0, 0.05) is 37.6 Å². The number of nitrogens with one attached hydrogen (secondary N) is 1. The molecule has 0 spiro atoms. The van der Waals surface area contributed by atoms with Crippen molar-refractivity contribution in [3.8, 4) is 0 Å². The molecule has 3 saturated carbocycles. The zero-order valence-electron chi connectivity index (χ0n) is 21.5. The molecular formula is C29H44N4O2. The van der Waals surface area contributed by atoms with Gasteiger partial charge in [-0.15, -0.1) is 0 Å². The average molecular weight is 481 g/mol. The first-order valence-electron chi connectivity index (χ1n) is 14.1. The topological polar surface area (TPSA) is 78.7 Å². The SMILES string of the molecule is Cc1ccccc1CN(C1CC1)C1CCN(C(=O)C2CC2)[C@@H](C(=O)NCC2CCCC(CN)C2)C1. The lowest BCUT2D eigenvalue weighted by molar-refractivity contribution is -0.145. The molecule has 3 N–H and O–H groups in total. The van der Waals surface area contributed by atoms with E-state index in [4.69, 9.17) is 5.73 Å². The Balaban J connectivity index is 1.27. The maximum absolute atomic E-state index is 13.6. The molecule has 35 heavy (non-hydrogen) atoms. The van der Waals surface area contributed by atoms with Crippen LogP contribution in [0.4, 0.5) is 0 Å². The molecule has 1 aromatic carbocycles. The van der Waals surface area contributed by atoms with Crippen molar-refractivity contribution in [2.24, 2.45) is 23.5 Å². The van der Waals surface area contributed by atoms with Crippen LogP contribution in [-0.2, 0) is 16.1 Å². The summed E-state index contributed by atoms with van der Waals surface area (Å²) in [5.74, 6) is 1.52. The fourth-order valence-corrected chi connectivity index (χ4v) is 6.44. The Hall–Kier alpha value is -1.92. The first kappa shape index (κ1) is 24.8. The van der Waals surface area contributed by atoms with E-state index in [1.54, 1.807) is 0 Å². The van der Waals surface area contributed by atoms with Gasteiger partial charge in [-0.05, 0) is 94.2 Å². The number of carbonyl (C=O) groups excluding carboxylic acids is 2. The predicted octanol–water partition coefficient (Wildman–Crippen LogP) is 3.61. The first-order chi connectivity index (χ1) is 17.0. The lowest BCUT2D eigenvalue weighted by Gasteiger charge is -2.43. The van der Waals surface area contributed by atoms with Crippen molar-refractivity contribution in [2.75, 3.05) is 19.6 Å². The number of benzene rings is 1. The Morgan fingerprint density at radius 3 is 2.49 bits per heavy atom. The number of piperidine rings is 1. The summed E-state index contributed by atoms with van der Waals surface area (Å²) in [7, 11) is 0. The molecule has 1 aliphatic heterocycles. The summed E-state index contributed by atoms with van der Waals surface area (Å²) in [4.78, 5) is 31.3. The molecule has 2 amide bonds. The Morgan fingerprint density at radius 2 is 1.77 bits per heavy atom. The monoisotopic (exact) mass is 480 g/mol. The largest absolute Gasteiger partial charge is 0.354 e. The molecule has 4 aliphatic rings. The molecule has 5 rings (SSSR count). The number of amides is 2. The normalized spacial score (nSPS) is 29.3. The molecule has 4 atom stereocenters. The molecule has 3 aliphatic carbocycles. The van der Waals surface area contributed by atoms with E-state index in [0.717, 1.165) is 51.7 Å². The Morgan fingerprint density at radius 1 is 1.00 bits per heavy atom. The van der Waals surface area contributed by atoms with E-state index in [2.05, 4.69) is 41.4 Å². The van der Waals surface area contributed by atoms with E-state index < -0.39 is 0 Å². The summed E-state index contributed by atoms with van der Waals surface area (Å²) >= 11 is 0. The molecule has 4 fully saturated rings. The van der Waals surface area contributed by atoms with Crippen LogP contribution in [0.1, 0.15) is 75.3 Å². The Kier molecular flexibility index (Phi) is 7.78. The van der Waals surface area contributed by atoms with Gasteiger partial charge in [-0.1, -0.05) is 30.7 Å². The zero-order valence-corrected chi connectivity index (χ0v) is 21.5. The number of hydrogen-bond donors (Lipinski definition) is 2. The van der Waals surface area contributed by atoms with Crippen molar-refractivity contribution in [3.63, 3.8) is 0 Å². The van der Waals surface area contributed by atoms with E-state index in [1.165, 1.54) is 43.2 Å². The summed E-state index contributed by atoms with van der Waals surface area (Å²) in [6, 6.07) is 9.27. The zero-order chi connectivity index (χ0) is 24.4. The highest BCUT2D eigenvalue weighted by molar-refractivity contribution is 5.89. The molecule has 1 heterocycles. The molecule has 1 aromatic rings. The molecule has 6 heteroatoms. The van der Waals surface area contributed by atoms with Crippen LogP contribution < -0.4 is 11.1 Å². The second-order valence-electron chi connectivity index (χ2n) is 11.7. The van der Waals surface area contributed by atoms with Crippen LogP contribution in [0.2, 0.25) is 0 Å². The van der Waals surface area contributed by atoms with Crippen molar-refractivity contribution in [2.45, 2.75) is 95.8 Å². The number of hydrogen-bond acceptors (Lipinski definition) is 4. The van der Waals surface area contributed by atoms with Gasteiger partial charge in [-0.2, -0.15) is 0 Å². The minimum absolute atomic E-state index is 0.0604. The molecule has 3 unspecified atom stereocenters. The van der Waals surface area contributed by atoms with Gasteiger partial charge in [0.25, 0.3) is 0 Å². The Labute approximate surface area is 211 Å². The second kappa shape index (κ2) is 11.0. The van der Waals surface area contributed by atoms with Gasteiger partial charge in [0.15, 0.2) is 0 Å². The standard InChI is InChI=1S/C29H44N4O2/c1-20-5-2-3-8-24(20)19-33(25-11-12-25)26-13-14-32(29(35)23-9-10-23)27(16-26)28(34)31-18-22-7-4-6-21(15-22)17-30/h2-3,5,8,21-23,25-27H,4,6-7,9-19,30H2,1H3,(H,31,34)/t21?,22?,26?,27-/m1/s1. The van der Waals surface area contributed by atoms with Crippen LogP contribution in [-0.4, -0.2) is 59.4 Å². The third kappa shape index (κ3) is 6.08. The van der Waals surface area contributed by atoms with Crippen molar-refractivity contribution >= 4 is 11.8 Å². The summed E-state index contributed by atoms with van der Waals surface area (Å²) in [6.45, 7) is 5.30. The van der Waals surface area contributed by atoms with E-state index in [1.807, 2.05) is 4.90 Å². The van der Waals surface area contributed by atoms with Crippen LogP contribution in [0.15, 0.2) is 24.3 Å². The number of carbonyl (C=O) groups is 2. The van der Waals surface area contributed by atoms with Gasteiger partial charge in [0.2, 0.25) is 11.8 Å². The summed E-state index contributed by atoms with van der Waals surface area (Å²) < 4.78 is 0. The number of nitrogens with two attached hydrogens (primary N) is 1. The van der Waals surface area contributed by atoms with Crippen LogP contribution in [0.25, 0.3) is 0 Å². The van der Waals surface area contributed by atoms with E-state index >= 15 is 0 Å². The van der Waals surface area contributed by atoms with Gasteiger partial charge in [-0.25, -0.2) is 0 Å². The molecular weight excluding hydrogens is 436 g/mol. The van der Waals surface area contributed by atoms with Crippen LogP contribution in [0.3, 0.4) is 0 Å². The second-order valence-corrected chi connectivity index (χ2v) is 11.7. The van der Waals surface area contributed by atoms with E-state index in [-0.39, 0.29) is 23.8 Å². The van der Waals surface area contributed by atoms with Crippen molar-refractivity contribution in [3.05, 3.63) is 35.4 Å². The molecule has 0 bridgehead atoms.